The molecule has 4 nitrogen and oxygen atoms in total. The monoisotopic (exact) mass is 502 g/mol. The van der Waals surface area contributed by atoms with Crippen molar-refractivity contribution in [2.24, 2.45) is 64.1 Å². The molecule has 0 amide bonds. The van der Waals surface area contributed by atoms with E-state index in [-0.39, 0.29) is 23.4 Å². The minimum atomic E-state index is -3.47. The molecule has 0 saturated heterocycles. The van der Waals surface area contributed by atoms with Crippen LogP contribution < -0.4 is 0 Å². The number of ether oxygens (including phenoxy) is 2. The van der Waals surface area contributed by atoms with E-state index in [1.807, 2.05) is 0 Å². The van der Waals surface area contributed by atoms with Gasteiger partial charge in [0.15, 0.2) is 0 Å². The third-order valence-electron chi connectivity index (χ3n) is 13.0. The van der Waals surface area contributed by atoms with Crippen LogP contribution in [-0.2, 0) is 19.1 Å². The maximum atomic E-state index is 13.6. The van der Waals surface area contributed by atoms with Crippen LogP contribution in [-0.4, -0.2) is 30.1 Å². The first-order chi connectivity index (χ1) is 17.0. The Morgan fingerprint density at radius 2 is 1.31 bits per heavy atom. The quantitative estimate of drug-likeness (QED) is 0.408. The van der Waals surface area contributed by atoms with Gasteiger partial charge in [-0.15, -0.1) is 0 Å². The van der Waals surface area contributed by atoms with Gasteiger partial charge in [0.2, 0.25) is 0 Å². The molecular formula is C30H40F2O4. The summed E-state index contributed by atoms with van der Waals surface area (Å²) in [5.41, 5.74) is -0.639. The summed E-state index contributed by atoms with van der Waals surface area (Å²) in [7, 11) is 0. The van der Waals surface area contributed by atoms with Crippen LogP contribution in [0.2, 0.25) is 0 Å². The Morgan fingerprint density at radius 1 is 0.750 bits per heavy atom. The Balaban J connectivity index is 0.976. The number of carbonyl (C=O) groups excluding carboxylic acids is 2. The zero-order valence-electron chi connectivity index (χ0n) is 21.5. The van der Waals surface area contributed by atoms with Gasteiger partial charge in [-0.1, -0.05) is 0 Å². The first kappa shape index (κ1) is 22.8. The molecule has 0 aromatic heterocycles. The molecule has 36 heavy (non-hydrogen) atoms. The van der Waals surface area contributed by atoms with E-state index in [0.717, 1.165) is 73.5 Å². The largest absolute Gasteiger partial charge is 0.461 e. The van der Waals surface area contributed by atoms with Gasteiger partial charge in [-0.25, -0.2) is 4.79 Å². The van der Waals surface area contributed by atoms with Crippen molar-refractivity contribution >= 4 is 11.9 Å². The first-order valence-corrected chi connectivity index (χ1v) is 14.8. The van der Waals surface area contributed by atoms with Crippen LogP contribution in [0.4, 0.5) is 8.78 Å². The van der Waals surface area contributed by atoms with E-state index in [9.17, 15) is 18.4 Å². The van der Waals surface area contributed by atoms with Crippen molar-refractivity contribution in [3.8, 4) is 0 Å². The molecule has 0 heterocycles. The highest BCUT2D eigenvalue weighted by molar-refractivity contribution is 5.77. The Bertz CT molecular complexity index is 925. The van der Waals surface area contributed by atoms with E-state index < -0.39 is 17.5 Å². The molecule has 0 spiro atoms. The Hall–Kier alpha value is -1.20. The Morgan fingerprint density at radius 3 is 1.83 bits per heavy atom. The van der Waals surface area contributed by atoms with Gasteiger partial charge in [-0.3, -0.25) is 4.79 Å². The van der Waals surface area contributed by atoms with Crippen LogP contribution >= 0.6 is 0 Å². The smallest absolute Gasteiger partial charge is 0.376 e. The van der Waals surface area contributed by atoms with Gasteiger partial charge in [-0.2, -0.15) is 8.78 Å². The summed E-state index contributed by atoms with van der Waals surface area (Å²) in [6.45, 7) is 0.626. The summed E-state index contributed by atoms with van der Waals surface area (Å²) in [5, 5.41) is 0. The third kappa shape index (κ3) is 3.20. The van der Waals surface area contributed by atoms with Gasteiger partial charge in [-0.05, 0) is 136 Å². The summed E-state index contributed by atoms with van der Waals surface area (Å²) in [6, 6.07) is 0. The molecule has 0 aromatic rings. The van der Waals surface area contributed by atoms with E-state index in [4.69, 9.17) is 9.47 Å². The molecule has 0 aliphatic heterocycles. The average Bonchev–Trinajstić information content (AvgIpc) is 2.78. The summed E-state index contributed by atoms with van der Waals surface area (Å²) < 4.78 is 38.5. The molecule has 2 unspecified atom stereocenters. The van der Waals surface area contributed by atoms with Gasteiger partial charge in [0.05, 0.1) is 13.0 Å². The predicted octanol–water partition coefficient (Wildman–Crippen LogP) is 6.17. The summed E-state index contributed by atoms with van der Waals surface area (Å²) in [5.74, 6) is 2.34. The zero-order chi connectivity index (χ0) is 24.7. The number of halogens is 2. The molecule has 12 bridgehead atoms. The van der Waals surface area contributed by atoms with Crippen molar-refractivity contribution in [3.63, 3.8) is 0 Å². The van der Waals surface area contributed by atoms with E-state index >= 15 is 0 Å². The Labute approximate surface area is 212 Å². The average molecular weight is 503 g/mol. The van der Waals surface area contributed by atoms with Crippen molar-refractivity contribution in [1.29, 1.82) is 0 Å². The van der Waals surface area contributed by atoms with Crippen LogP contribution in [0.25, 0.3) is 0 Å². The van der Waals surface area contributed by atoms with E-state index in [0.29, 0.717) is 31.6 Å². The first-order valence-electron chi connectivity index (χ1n) is 14.8. The van der Waals surface area contributed by atoms with Gasteiger partial charge < -0.3 is 9.47 Å². The fraction of sp³-hybridized carbons (Fsp3) is 0.933. The SMILES string of the molecule is CC(F)(F)C(=O)OCC12CC3CC(C1)CC(OC(=O)CC14CC5C6CC7CC5C(C1)C(C7)C6C4)(C3)C2. The van der Waals surface area contributed by atoms with Crippen LogP contribution in [0.5, 0.6) is 0 Å². The second-order valence-corrected chi connectivity index (χ2v) is 15.4. The second kappa shape index (κ2) is 7.05. The standard InChI is InChI=1S/C30H40F2O4/c1-27(31,32)26(34)35-15-29-6-17-2-18(7-29)9-30(8-17,14-29)36-25(33)13-28-10-22-19-3-16-4-20(22)24(12-28)21(5-16)23(19)11-28/h16-24H,2-15H2,1H3. The third-order valence-corrected chi connectivity index (χ3v) is 13.0. The van der Waals surface area contributed by atoms with Crippen LogP contribution in [0.1, 0.15) is 90.4 Å². The van der Waals surface area contributed by atoms with Crippen LogP contribution in [0.3, 0.4) is 0 Å². The van der Waals surface area contributed by atoms with Crippen LogP contribution in [0, 0.1) is 64.1 Å². The molecule has 11 aliphatic rings. The molecule has 0 radical (unpaired) electrons. The van der Waals surface area contributed by atoms with Gasteiger partial charge >= 0.3 is 17.9 Å². The fourth-order valence-corrected chi connectivity index (χ4v) is 12.9. The fourth-order valence-electron chi connectivity index (χ4n) is 12.9. The number of hydrogen-bond donors (Lipinski definition) is 0. The number of alkyl halides is 2. The molecule has 198 valence electrons. The molecule has 2 atom stereocenters. The molecule has 11 rings (SSSR count). The van der Waals surface area contributed by atoms with Crippen molar-refractivity contribution in [1.82, 2.24) is 0 Å². The van der Waals surface area contributed by atoms with E-state index in [1.54, 1.807) is 0 Å². The lowest BCUT2D eigenvalue weighted by Gasteiger charge is -2.72. The topological polar surface area (TPSA) is 52.6 Å². The molecule has 11 fully saturated rings. The highest BCUT2D eigenvalue weighted by atomic mass is 19.3. The minimum Gasteiger partial charge on any atom is -0.461 e. The molecular weight excluding hydrogens is 462 g/mol. The molecule has 6 heteroatoms. The second-order valence-electron chi connectivity index (χ2n) is 15.4. The molecule has 11 aliphatic carbocycles. The summed E-state index contributed by atoms with van der Waals surface area (Å²) in [4.78, 5) is 25.5. The van der Waals surface area contributed by atoms with E-state index in [2.05, 4.69) is 0 Å². The number of esters is 2. The number of rotatable bonds is 6. The Kier molecular flexibility index (Phi) is 4.46. The lowest BCUT2D eigenvalue weighted by atomic mass is 9.32. The number of carbonyl (C=O) groups is 2. The van der Waals surface area contributed by atoms with Crippen molar-refractivity contribution < 1.29 is 27.8 Å². The highest BCUT2D eigenvalue weighted by Gasteiger charge is 2.68. The summed E-state index contributed by atoms with van der Waals surface area (Å²) in [6.07, 6.45) is 14.0. The predicted molar refractivity (Wildman–Crippen MR) is 127 cm³/mol. The normalized spacial score (nSPS) is 54.8. The maximum Gasteiger partial charge on any atom is 0.376 e. The van der Waals surface area contributed by atoms with Gasteiger partial charge in [0, 0.05) is 12.3 Å². The minimum absolute atomic E-state index is 0.0113. The zero-order valence-corrected chi connectivity index (χ0v) is 21.5. The van der Waals surface area contributed by atoms with Crippen molar-refractivity contribution in [2.75, 3.05) is 6.61 Å². The molecule has 0 N–H and O–H groups in total. The van der Waals surface area contributed by atoms with E-state index in [1.165, 1.54) is 38.5 Å². The maximum absolute atomic E-state index is 13.6. The lowest BCUT2D eigenvalue weighted by Crippen LogP contribution is -2.65. The lowest BCUT2D eigenvalue weighted by molar-refractivity contribution is -0.241. The number of hydrogen-bond acceptors (Lipinski definition) is 4. The summed E-state index contributed by atoms with van der Waals surface area (Å²) >= 11 is 0. The van der Waals surface area contributed by atoms with Crippen LogP contribution in [0.15, 0.2) is 0 Å². The van der Waals surface area contributed by atoms with Crippen molar-refractivity contribution in [2.45, 2.75) is 102 Å². The highest BCUT2D eigenvalue weighted by Crippen LogP contribution is 2.75. The van der Waals surface area contributed by atoms with Crippen molar-refractivity contribution in [3.05, 3.63) is 0 Å². The molecule has 11 saturated carbocycles. The molecule has 0 aromatic carbocycles. The van der Waals surface area contributed by atoms with Gasteiger partial charge in [0.25, 0.3) is 0 Å². The van der Waals surface area contributed by atoms with Gasteiger partial charge in [0.1, 0.15) is 5.60 Å².